The van der Waals surface area contributed by atoms with Crippen molar-refractivity contribution < 1.29 is 14.3 Å². The Labute approximate surface area is 102 Å². The number of hydrogen-bond acceptors (Lipinski definition) is 5. The number of carbonyl (C=O) groups is 2. The minimum atomic E-state index is -0.540. The van der Waals surface area contributed by atoms with Gasteiger partial charge in [0.2, 0.25) is 5.91 Å². The number of nitrogens with two attached hydrogens (primary N) is 1. The fraction of sp³-hybridized carbons (Fsp3) is 0.500. The van der Waals surface area contributed by atoms with E-state index in [2.05, 4.69) is 10.3 Å². The molecule has 0 aliphatic carbocycles. The summed E-state index contributed by atoms with van der Waals surface area (Å²) in [5, 5.41) is 3.02. The van der Waals surface area contributed by atoms with Gasteiger partial charge in [0, 0.05) is 6.61 Å². The number of carbonyl (C=O) groups excluding carboxylic acids is 2. The third kappa shape index (κ3) is 3.24. The van der Waals surface area contributed by atoms with Gasteiger partial charge in [-0.2, -0.15) is 0 Å². The first-order valence-electron chi connectivity index (χ1n) is 5.32. The van der Waals surface area contributed by atoms with Crippen LogP contribution in [0.2, 0.25) is 0 Å². The van der Waals surface area contributed by atoms with Crippen LogP contribution in [0.25, 0.3) is 0 Å². The summed E-state index contributed by atoms with van der Waals surface area (Å²) in [7, 11) is 0. The third-order valence-corrected chi connectivity index (χ3v) is 3.36. The second-order valence-electron chi connectivity index (χ2n) is 3.78. The molecule has 1 saturated heterocycles. The minimum absolute atomic E-state index is 0.00516. The molecule has 0 radical (unpaired) electrons. The van der Waals surface area contributed by atoms with E-state index in [9.17, 15) is 9.59 Å². The van der Waals surface area contributed by atoms with E-state index in [1.54, 1.807) is 0 Å². The van der Waals surface area contributed by atoms with Crippen LogP contribution in [0.1, 0.15) is 28.9 Å². The predicted octanol–water partition coefficient (Wildman–Crippen LogP) is 0.750. The number of rotatable bonds is 4. The fourth-order valence-electron chi connectivity index (χ4n) is 1.63. The van der Waals surface area contributed by atoms with Crippen LogP contribution in [0.5, 0.6) is 0 Å². The van der Waals surface area contributed by atoms with Gasteiger partial charge in [-0.1, -0.05) is 11.3 Å². The van der Waals surface area contributed by atoms with Crippen LogP contribution in [0.3, 0.4) is 0 Å². The fourth-order valence-corrected chi connectivity index (χ4v) is 2.31. The van der Waals surface area contributed by atoms with Crippen molar-refractivity contribution >= 4 is 28.3 Å². The molecule has 7 heteroatoms. The molecule has 1 aromatic rings. The molecule has 1 aromatic heterocycles. The zero-order valence-electron chi connectivity index (χ0n) is 9.14. The van der Waals surface area contributed by atoms with Crippen LogP contribution in [-0.4, -0.2) is 29.5 Å². The number of nitrogens with one attached hydrogen (secondary N) is 1. The quantitative estimate of drug-likeness (QED) is 0.830. The van der Waals surface area contributed by atoms with E-state index >= 15 is 0 Å². The molecule has 92 valence electrons. The van der Waals surface area contributed by atoms with Gasteiger partial charge in [-0.25, -0.2) is 4.98 Å². The van der Waals surface area contributed by atoms with E-state index in [4.69, 9.17) is 10.5 Å². The Kier molecular flexibility index (Phi) is 3.70. The van der Waals surface area contributed by atoms with E-state index < -0.39 is 5.91 Å². The van der Waals surface area contributed by atoms with Crippen molar-refractivity contribution in [3.05, 3.63) is 11.1 Å². The van der Waals surface area contributed by atoms with Gasteiger partial charge in [0.15, 0.2) is 5.13 Å². The molecule has 6 nitrogen and oxygen atoms in total. The normalized spacial score (nSPS) is 19.2. The Morgan fingerprint density at radius 3 is 3.06 bits per heavy atom. The summed E-state index contributed by atoms with van der Waals surface area (Å²) in [5.74, 6) is -0.690. The number of aromatic nitrogens is 1. The summed E-state index contributed by atoms with van der Waals surface area (Å²) in [4.78, 5) is 26.7. The lowest BCUT2D eigenvalue weighted by Gasteiger charge is -2.07. The molecule has 3 N–H and O–H groups in total. The Balaban J connectivity index is 1.86. The highest BCUT2D eigenvalue weighted by Gasteiger charge is 2.19. The summed E-state index contributed by atoms with van der Waals surface area (Å²) >= 11 is 1.07. The lowest BCUT2D eigenvalue weighted by atomic mass is 10.2. The maximum absolute atomic E-state index is 11.6. The summed E-state index contributed by atoms with van der Waals surface area (Å²) in [6.07, 6.45) is 3.60. The van der Waals surface area contributed by atoms with Gasteiger partial charge >= 0.3 is 0 Å². The number of primary amides is 1. The molecule has 2 heterocycles. The molecule has 2 amide bonds. The molecule has 1 aliphatic rings. The first kappa shape index (κ1) is 12.0. The average Bonchev–Trinajstić information content (AvgIpc) is 2.88. The minimum Gasteiger partial charge on any atom is -0.378 e. The largest absolute Gasteiger partial charge is 0.378 e. The molecule has 0 bridgehead atoms. The highest BCUT2D eigenvalue weighted by Crippen LogP contribution is 2.19. The Hall–Kier alpha value is -1.47. The third-order valence-electron chi connectivity index (χ3n) is 2.43. The first-order valence-corrected chi connectivity index (χ1v) is 6.14. The summed E-state index contributed by atoms with van der Waals surface area (Å²) in [6.45, 7) is 0.723. The predicted molar refractivity (Wildman–Crippen MR) is 62.9 cm³/mol. The van der Waals surface area contributed by atoms with Crippen LogP contribution >= 0.6 is 11.3 Å². The monoisotopic (exact) mass is 255 g/mol. The molecular formula is C10H13N3O3S. The van der Waals surface area contributed by atoms with Crippen molar-refractivity contribution in [2.45, 2.75) is 25.4 Å². The maximum Gasteiger partial charge on any atom is 0.260 e. The topological polar surface area (TPSA) is 94.3 Å². The molecule has 1 unspecified atom stereocenters. The van der Waals surface area contributed by atoms with Crippen molar-refractivity contribution in [2.24, 2.45) is 5.73 Å². The molecule has 0 spiro atoms. The van der Waals surface area contributed by atoms with E-state index in [0.717, 1.165) is 30.8 Å². The van der Waals surface area contributed by atoms with Crippen molar-refractivity contribution in [3.8, 4) is 0 Å². The molecule has 0 saturated carbocycles. The Morgan fingerprint density at radius 1 is 1.65 bits per heavy atom. The van der Waals surface area contributed by atoms with Crippen LogP contribution < -0.4 is 11.1 Å². The number of ether oxygens (including phenoxy) is 1. The summed E-state index contributed by atoms with van der Waals surface area (Å²) < 4.78 is 5.35. The molecule has 17 heavy (non-hydrogen) atoms. The van der Waals surface area contributed by atoms with Crippen LogP contribution in [0.4, 0.5) is 5.13 Å². The summed E-state index contributed by atoms with van der Waals surface area (Å²) in [5.41, 5.74) is 5.09. The van der Waals surface area contributed by atoms with Crippen molar-refractivity contribution in [1.29, 1.82) is 0 Å². The number of hydrogen-bond donors (Lipinski definition) is 2. The van der Waals surface area contributed by atoms with Gasteiger partial charge in [-0.3, -0.25) is 9.59 Å². The average molecular weight is 255 g/mol. The van der Waals surface area contributed by atoms with E-state index in [-0.39, 0.29) is 12.0 Å². The highest BCUT2D eigenvalue weighted by molar-refractivity contribution is 7.17. The lowest BCUT2D eigenvalue weighted by molar-refractivity contribution is -0.118. The molecule has 0 aromatic carbocycles. The van der Waals surface area contributed by atoms with Crippen molar-refractivity contribution in [3.63, 3.8) is 0 Å². The van der Waals surface area contributed by atoms with E-state index in [1.807, 2.05) is 0 Å². The van der Waals surface area contributed by atoms with Crippen LogP contribution in [0.15, 0.2) is 6.20 Å². The Morgan fingerprint density at radius 2 is 2.47 bits per heavy atom. The lowest BCUT2D eigenvalue weighted by Crippen LogP contribution is -2.19. The molecular weight excluding hydrogens is 242 g/mol. The van der Waals surface area contributed by atoms with Gasteiger partial charge in [-0.05, 0) is 12.8 Å². The first-order chi connectivity index (χ1) is 8.15. The summed E-state index contributed by atoms with van der Waals surface area (Å²) in [6, 6.07) is 0. The smallest absolute Gasteiger partial charge is 0.260 e. The molecule has 1 fully saturated rings. The van der Waals surface area contributed by atoms with Gasteiger partial charge in [0.1, 0.15) is 4.88 Å². The highest BCUT2D eigenvalue weighted by atomic mass is 32.1. The number of amides is 2. The number of thiazole rings is 1. The molecule has 1 aliphatic heterocycles. The number of nitrogens with zero attached hydrogens (tertiary/aromatic N) is 1. The van der Waals surface area contributed by atoms with Crippen LogP contribution in [-0.2, 0) is 9.53 Å². The zero-order chi connectivity index (χ0) is 12.3. The molecule has 2 rings (SSSR count). The standard InChI is InChI=1S/C10H13N3O3S/c11-9(15)7-5-12-10(17-7)13-8(14)4-6-2-1-3-16-6/h5-6H,1-4H2,(H2,11,15)(H,12,13,14). The second kappa shape index (κ2) is 5.24. The van der Waals surface area contributed by atoms with Crippen molar-refractivity contribution in [2.75, 3.05) is 11.9 Å². The van der Waals surface area contributed by atoms with Gasteiger partial charge in [0.25, 0.3) is 5.91 Å². The van der Waals surface area contributed by atoms with Gasteiger partial charge < -0.3 is 15.8 Å². The number of anilines is 1. The van der Waals surface area contributed by atoms with Crippen molar-refractivity contribution in [1.82, 2.24) is 4.98 Å². The Bertz CT molecular complexity index is 426. The van der Waals surface area contributed by atoms with Crippen LogP contribution in [0, 0.1) is 0 Å². The second-order valence-corrected chi connectivity index (χ2v) is 4.81. The maximum atomic E-state index is 11.6. The zero-order valence-corrected chi connectivity index (χ0v) is 9.96. The van der Waals surface area contributed by atoms with Gasteiger partial charge in [0.05, 0.1) is 18.7 Å². The van der Waals surface area contributed by atoms with E-state index in [0.29, 0.717) is 16.4 Å². The van der Waals surface area contributed by atoms with Gasteiger partial charge in [-0.15, -0.1) is 0 Å². The SMILES string of the molecule is NC(=O)c1cnc(NC(=O)CC2CCCO2)s1. The van der Waals surface area contributed by atoms with E-state index in [1.165, 1.54) is 6.20 Å². The molecule has 1 atom stereocenters.